The van der Waals surface area contributed by atoms with Gasteiger partial charge in [-0.25, -0.2) is 9.19 Å². The molecule has 0 spiro atoms. The first kappa shape index (κ1) is 12.0. The minimum absolute atomic E-state index is 0.345. The van der Waals surface area contributed by atoms with Crippen molar-refractivity contribution < 1.29 is 4.21 Å². The molecule has 1 unspecified atom stereocenters. The van der Waals surface area contributed by atoms with Gasteiger partial charge in [-0.2, -0.15) is 5.26 Å². The van der Waals surface area contributed by atoms with Gasteiger partial charge in [0.1, 0.15) is 5.15 Å². The van der Waals surface area contributed by atoms with Crippen molar-refractivity contribution in [3.63, 3.8) is 0 Å². The third-order valence-corrected chi connectivity index (χ3v) is 4.35. The van der Waals surface area contributed by atoms with Crippen molar-refractivity contribution in [1.29, 1.82) is 5.26 Å². The van der Waals surface area contributed by atoms with E-state index in [4.69, 9.17) is 16.9 Å². The third kappa shape index (κ3) is 2.91. The molecule has 0 amide bonds. The molecule has 80 valence electrons. The van der Waals surface area contributed by atoms with Gasteiger partial charge >= 0.3 is 0 Å². The van der Waals surface area contributed by atoms with Gasteiger partial charge in [-0.3, -0.25) is 0 Å². The molecule has 15 heavy (non-hydrogen) atoms. The van der Waals surface area contributed by atoms with Crippen molar-refractivity contribution in [2.75, 3.05) is 6.26 Å². The second-order valence-corrected chi connectivity index (χ2v) is 6.11. The first-order valence-corrected chi connectivity index (χ1v) is 6.54. The minimum Gasteiger partial charge on any atom is -0.248 e. The maximum atomic E-state index is 11.9. The maximum Gasteiger partial charge on any atom is 0.214 e. The largest absolute Gasteiger partial charge is 0.248 e. The molecule has 0 aliphatic rings. The van der Waals surface area contributed by atoms with E-state index in [1.54, 1.807) is 31.4 Å². The first-order valence-electron chi connectivity index (χ1n) is 4.18. The predicted octanol–water partition coefficient (Wildman–Crippen LogP) is 2.37. The first-order chi connectivity index (χ1) is 6.97. The van der Waals surface area contributed by atoms with Crippen LogP contribution in [0.5, 0.6) is 0 Å². The van der Waals surface area contributed by atoms with Crippen LogP contribution in [0, 0.1) is 11.5 Å². The maximum absolute atomic E-state index is 11.9. The van der Waals surface area contributed by atoms with E-state index in [1.165, 1.54) is 6.26 Å². The van der Waals surface area contributed by atoms with Crippen LogP contribution in [0.1, 0.15) is 17.7 Å². The Morgan fingerprint density at radius 1 is 1.67 bits per heavy atom. The van der Waals surface area contributed by atoms with Gasteiger partial charge in [-0.1, -0.05) is 17.7 Å². The lowest BCUT2D eigenvalue weighted by Crippen LogP contribution is -2.07. The number of rotatable bonds is 2. The highest BCUT2D eigenvalue weighted by molar-refractivity contribution is 7.93. The van der Waals surface area contributed by atoms with Crippen LogP contribution in [0.15, 0.2) is 22.7 Å². The molecule has 0 fully saturated rings. The molecule has 0 saturated heterocycles. The fourth-order valence-electron chi connectivity index (χ4n) is 1.04. The van der Waals surface area contributed by atoms with E-state index in [0.717, 1.165) is 5.56 Å². The van der Waals surface area contributed by atoms with Crippen LogP contribution >= 0.6 is 11.6 Å². The summed E-state index contributed by atoms with van der Waals surface area (Å²) in [5, 5.41) is 8.44. The summed E-state index contributed by atoms with van der Waals surface area (Å²) in [7, 11) is -2.55. The molecule has 0 aliphatic heterocycles. The number of hydrogen-bond donors (Lipinski definition) is 0. The van der Waals surface area contributed by atoms with Gasteiger partial charge in [0.2, 0.25) is 6.19 Å². The molecule has 2 atom stereocenters. The zero-order chi connectivity index (χ0) is 11.5. The Bertz CT molecular complexity index is 497. The summed E-state index contributed by atoms with van der Waals surface area (Å²) in [6.07, 6.45) is 4.57. The van der Waals surface area contributed by atoms with E-state index >= 15 is 0 Å². The Balaban J connectivity index is 3.12. The second-order valence-electron chi connectivity index (χ2n) is 3.11. The molecular formula is C9H10ClN3OS. The fraction of sp³-hybridized carbons (Fsp3) is 0.333. The highest BCUT2D eigenvalue weighted by Gasteiger charge is 2.16. The van der Waals surface area contributed by atoms with Crippen LogP contribution in [0.3, 0.4) is 0 Å². The Kier molecular flexibility index (Phi) is 3.66. The molecule has 0 radical (unpaired) electrons. The molecule has 1 rings (SSSR count). The summed E-state index contributed by atoms with van der Waals surface area (Å²) >= 11 is 5.63. The van der Waals surface area contributed by atoms with Gasteiger partial charge in [-0.05, 0) is 18.6 Å². The Morgan fingerprint density at radius 2 is 2.33 bits per heavy atom. The smallest absolute Gasteiger partial charge is 0.214 e. The van der Waals surface area contributed by atoms with Gasteiger partial charge in [0.15, 0.2) is 0 Å². The number of aromatic nitrogens is 1. The van der Waals surface area contributed by atoms with Crippen LogP contribution in [-0.2, 0) is 9.73 Å². The summed E-state index contributed by atoms with van der Waals surface area (Å²) in [6, 6.07) is 3.35. The van der Waals surface area contributed by atoms with Crippen LogP contribution in [0.25, 0.3) is 0 Å². The Hall–Kier alpha value is -1.12. The fourth-order valence-corrected chi connectivity index (χ4v) is 2.12. The minimum atomic E-state index is -2.55. The molecule has 4 nitrogen and oxygen atoms in total. The van der Waals surface area contributed by atoms with Gasteiger partial charge < -0.3 is 0 Å². The quantitative estimate of drug-likeness (QED) is 0.592. The van der Waals surface area contributed by atoms with Crippen molar-refractivity contribution in [2.24, 2.45) is 4.36 Å². The van der Waals surface area contributed by atoms with Gasteiger partial charge in [0.25, 0.3) is 0 Å². The average Bonchev–Trinajstić information content (AvgIpc) is 2.18. The lowest BCUT2D eigenvalue weighted by molar-refractivity contribution is 0.673. The summed E-state index contributed by atoms with van der Waals surface area (Å²) in [5.41, 5.74) is 0.755. The van der Waals surface area contributed by atoms with Crippen LogP contribution < -0.4 is 0 Å². The van der Waals surface area contributed by atoms with Crippen molar-refractivity contribution in [1.82, 2.24) is 4.98 Å². The van der Waals surface area contributed by atoms with E-state index < -0.39 is 9.73 Å². The summed E-state index contributed by atoms with van der Waals surface area (Å²) in [5.74, 6) is 0. The second kappa shape index (κ2) is 4.60. The lowest BCUT2D eigenvalue weighted by atomic mass is 10.2. The zero-order valence-electron chi connectivity index (χ0n) is 8.35. The SMILES string of the molecule is C[C@H](c1ccc(Cl)nc1)S(C)(=O)=NC#N. The average molecular weight is 244 g/mol. The topological polar surface area (TPSA) is 66.1 Å². The monoisotopic (exact) mass is 243 g/mol. The third-order valence-electron chi connectivity index (χ3n) is 2.10. The van der Waals surface area contributed by atoms with Crippen LogP contribution in [0.4, 0.5) is 0 Å². The summed E-state index contributed by atoms with van der Waals surface area (Å²) < 4.78 is 15.3. The number of nitrogens with zero attached hydrogens (tertiary/aromatic N) is 3. The van der Waals surface area contributed by atoms with E-state index in [1.807, 2.05) is 0 Å². The molecule has 1 aromatic heterocycles. The van der Waals surface area contributed by atoms with Crippen molar-refractivity contribution in [3.8, 4) is 6.19 Å². The van der Waals surface area contributed by atoms with Gasteiger partial charge in [-0.15, -0.1) is 4.36 Å². The van der Waals surface area contributed by atoms with E-state index in [9.17, 15) is 4.21 Å². The molecule has 0 N–H and O–H groups in total. The van der Waals surface area contributed by atoms with E-state index in [2.05, 4.69) is 9.35 Å². The zero-order valence-corrected chi connectivity index (χ0v) is 9.92. The van der Waals surface area contributed by atoms with Crippen LogP contribution in [-0.4, -0.2) is 15.4 Å². The molecule has 6 heteroatoms. The number of halogens is 1. The number of pyridine rings is 1. The molecule has 1 aromatic rings. The lowest BCUT2D eigenvalue weighted by Gasteiger charge is -2.11. The molecule has 0 saturated carbocycles. The van der Waals surface area contributed by atoms with Crippen molar-refractivity contribution >= 4 is 21.3 Å². The predicted molar refractivity (Wildman–Crippen MR) is 59.8 cm³/mol. The Labute approximate surface area is 94.1 Å². The van der Waals surface area contributed by atoms with Crippen molar-refractivity contribution in [3.05, 3.63) is 29.0 Å². The molecule has 0 aromatic carbocycles. The molecular weight excluding hydrogens is 234 g/mol. The van der Waals surface area contributed by atoms with Crippen LogP contribution in [0.2, 0.25) is 5.15 Å². The summed E-state index contributed by atoms with van der Waals surface area (Å²) in [4.78, 5) is 3.89. The number of nitriles is 1. The highest BCUT2D eigenvalue weighted by atomic mass is 35.5. The molecule has 1 heterocycles. The van der Waals surface area contributed by atoms with E-state index in [0.29, 0.717) is 5.15 Å². The Morgan fingerprint density at radius 3 is 2.80 bits per heavy atom. The summed E-state index contributed by atoms with van der Waals surface area (Å²) in [6.45, 7) is 1.74. The van der Waals surface area contributed by atoms with Crippen molar-refractivity contribution in [2.45, 2.75) is 12.2 Å². The van der Waals surface area contributed by atoms with E-state index in [-0.39, 0.29) is 5.25 Å². The normalized spacial score (nSPS) is 16.1. The highest BCUT2D eigenvalue weighted by Crippen LogP contribution is 2.22. The van der Waals surface area contributed by atoms with Gasteiger partial charge in [0.05, 0.1) is 15.0 Å². The standard InChI is InChI=1S/C9H10ClN3OS/c1-7(15(2,14)13-6-11)8-3-4-9(10)12-5-8/h3-5,7H,1-2H3/t7-,15?/m1/s1. The molecule has 0 aliphatic carbocycles. The van der Waals surface area contributed by atoms with Gasteiger partial charge in [0, 0.05) is 12.5 Å². The number of hydrogen-bond acceptors (Lipinski definition) is 4. The molecule has 0 bridgehead atoms.